The van der Waals surface area contributed by atoms with Crippen LogP contribution in [0, 0.1) is 190 Å². The Morgan fingerprint density at radius 2 is 0.202 bits per heavy atom. The summed E-state index contributed by atoms with van der Waals surface area (Å²) in [5, 5.41) is 0. The van der Waals surface area contributed by atoms with E-state index in [0.717, 1.165) is 134 Å². The van der Waals surface area contributed by atoms with Crippen molar-refractivity contribution in [2.75, 3.05) is 0 Å². The van der Waals surface area contributed by atoms with Crippen molar-refractivity contribution in [3.63, 3.8) is 0 Å². The van der Waals surface area contributed by atoms with Crippen molar-refractivity contribution in [1.82, 2.24) is 0 Å². The van der Waals surface area contributed by atoms with Gasteiger partial charge in [0.25, 0.3) is 0 Å². The monoisotopic (exact) mass is 1450 g/mol. The first-order chi connectivity index (χ1) is 55.2. The summed E-state index contributed by atoms with van der Waals surface area (Å²) in [5.74, 6) is 59.9. The van der Waals surface area contributed by atoms with Crippen molar-refractivity contribution in [2.24, 2.45) is 0 Å². The van der Waals surface area contributed by atoms with Crippen LogP contribution in [0.3, 0.4) is 0 Å². The highest BCUT2D eigenvalue weighted by Crippen LogP contribution is 2.34. The van der Waals surface area contributed by atoms with Gasteiger partial charge in [0.05, 0.1) is 0 Å². The molecule has 0 saturated carbocycles. The van der Waals surface area contributed by atoms with E-state index in [1.54, 1.807) is 0 Å². The molecule has 0 fully saturated rings. The molecule has 114 heavy (non-hydrogen) atoms. The van der Waals surface area contributed by atoms with E-state index in [2.05, 4.69) is 390 Å². The Morgan fingerprint density at radius 1 is 0.0965 bits per heavy atom. The van der Waals surface area contributed by atoms with Gasteiger partial charge in [-0.3, -0.25) is 0 Å². The van der Waals surface area contributed by atoms with Crippen molar-refractivity contribution < 1.29 is 0 Å². The number of rotatable bonds is 3. The SMILES string of the molecule is Cc1cc(C)cc(C#Cc2ccc(-c3cc(-c4ccc(C#Cc5cc(C)cc(C)c5)cc4)cc(-c4ccc(C#Cc5cc(C)cc(C)c5)cc4)c3)cc2)c1.Cc1cc(C)cc(C#Cc2ccc(C#Cc3cc(C#Cc4ccc(C#Cc5cc(C)cc(C)c5)cc4)cc(C#Cc4ccc(C#Cc5cc(C)cc(C)c5)cc4)c3)cc2)c1. The predicted molar refractivity (Wildman–Crippen MR) is 478 cm³/mol. The van der Waals surface area contributed by atoms with E-state index >= 15 is 0 Å². The first-order valence-electron chi connectivity index (χ1n) is 38.3. The zero-order chi connectivity index (χ0) is 79.5. The van der Waals surface area contributed by atoms with Crippen molar-refractivity contribution in [3.8, 4) is 140 Å². The lowest BCUT2D eigenvalue weighted by Gasteiger charge is -2.12. The third kappa shape index (κ3) is 22.9. The number of hydrogen-bond acceptors (Lipinski definition) is 0. The van der Waals surface area contributed by atoms with E-state index in [0.29, 0.717) is 0 Å². The molecule has 0 nitrogen and oxygen atoms in total. The average molecular weight is 1450 g/mol. The number of benzene rings is 14. The summed E-state index contributed by atoms with van der Waals surface area (Å²) in [6, 6.07) is 101. The third-order valence-corrected chi connectivity index (χ3v) is 18.7. The van der Waals surface area contributed by atoms with Crippen LogP contribution in [0.4, 0.5) is 0 Å². The fraction of sp³-hybridized carbons (Fsp3) is 0.105. The molecule has 0 atom stereocenters. The Balaban J connectivity index is 0.000000200. The topological polar surface area (TPSA) is 0 Å². The van der Waals surface area contributed by atoms with E-state index in [4.69, 9.17) is 0 Å². The van der Waals surface area contributed by atoms with Crippen LogP contribution in [-0.2, 0) is 0 Å². The maximum atomic E-state index is 3.36. The maximum Gasteiger partial charge on any atom is 0.0273 e. The minimum Gasteiger partial charge on any atom is -0.0617 e. The molecular weight excluding hydrogens is 1370 g/mol. The van der Waals surface area contributed by atoms with Crippen molar-refractivity contribution in [3.05, 3.63) is 458 Å². The predicted octanol–water partition coefficient (Wildman–Crippen LogP) is 24.7. The van der Waals surface area contributed by atoms with Gasteiger partial charge in [0, 0.05) is 100 Å². The molecule has 0 heteroatoms. The van der Waals surface area contributed by atoms with Gasteiger partial charge in [-0.05, 0) is 402 Å². The standard InChI is InChI=1S/C60H42.C54H42/c1-43-31-44(2)35-55(34-43)25-19-49-7-13-52(14-8-49)22-28-58-40-59(29-23-53-15-9-50(10-16-53)20-26-56-36-45(3)32-46(4)37-56)42-60(41-58)30-24-54-17-11-51(12-18-54)21-27-57-38-47(5)33-48(6)39-57;1-37-25-38(2)29-46(28-37)10-7-43-13-19-49(20-14-43)52-34-53(50-21-15-44(16-22-50)8-11-47-30-39(3)26-40(4)31-47)36-54(35-52)51-23-17-45(18-24-51)9-12-48-32-41(5)27-42(6)33-48/h7-18,31-42H,1-6H3;13-36H,1-6H3. The van der Waals surface area contributed by atoms with Gasteiger partial charge < -0.3 is 0 Å². The van der Waals surface area contributed by atoms with E-state index in [1.165, 1.54) is 66.8 Å². The van der Waals surface area contributed by atoms with Gasteiger partial charge in [0.2, 0.25) is 0 Å². The molecule has 14 aromatic carbocycles. The maximum absolute atomic E-state index is 3.36. The second-order valence-electron chi connectivity index (χ2n) is 29.6. The highest BCUT2D eigenvalue weighted by molar-refractivity contribution is 5.82. The van der Waals surface area contributed by atoms with E-state index in [1.807, 2.05) is 91.0 Å². The molecule has 0 N–H and O–H groups in total. The van der Waals surface area contributed by atoms with Crippen molar-refractivity contribution >= 4 is 0 Å². The van der Waals surface area contributed by atoms with Gasteiger partial charge in [-0.1, -0.05) is 179 Å². The van der Waals surface area contributed by atoms with Crippen LogP contribution in [-0.4, -0.2) is 0 Å². The molecule has 14 rings (SSSR count). The average Bonchev–Trinajstić information content (AvgIpc) is 0.791. The van der Waals surface area contributed by atoms with Gasteiger partial charge in [-0.15, -0.1) is 0 Å². The van der Waals surface area contributed by atoms with Gasteiger partial charge in [-0.2, -0.15) is 0 Å². The molecule has 0 heterocycles. The molecule has 0 saturated heterocycles. The highest BCUT2D eigenvalue weighted by Gasteiger charge is 2.10. The van der Waals surface area contributed by atoms with Gasteiger partial charge >= 0.3 is 0 Å². The van der Waals surface area contributed by atoms with Crippen molar-refractivity contribution in [2.45, 2.75) is 83.1 Å². The van der Waals surface area contributed by atoms with E-state index < -0.39 is 0 Å². The van der Waals surface area contributed by atoms with Gasteiger partial charge in [0.1, 0.15) is 0 Å². The molecule has 14 aromatic rings. The van der Waals surface area contributed by atoms with Gasteiger partial charge in [0.15, 0.2) is 0 Å². The fourth-order valence-corrected chi connectivity index (χ4v) is 13.7. The third-order valence-electron chi connectivity index (χ3n) is 18.7. The second-order valence-corrected chi connectivity index (χ2v) is 29.6. The zero-order valence-corrected chi connectivity index (χ0v) is 66.7. The van der Waals surface area contributed by atoms with Crippen LogP contribution < -0.4 is 0 Å². The Kier molecular flexibility index (Phi) is 24.8. The summed E-state index contributed by atoms with van der Waals surface area (Å²) in [6.45, 7) is 25.2. The molecule has 0 unspecified atom stereocenters. The summed E-state index contributed by atoms with van der Waals surface area (Å²) < 4.78 is 0. The molecular formula is C114H84. The molecule has 0 aliphatic heterocycles. The first kappa shape index (κ1) is 77.3. The summed E-state index contributed by atoms with van der Waals surface area (Å²) in [4.78, 5) is 0. The molecule has 0 amide bonds. The van der Waals surface area contributed by atoms with Crippen LogP contribution in [0.5, 0.6) is 0 Å². The fourth-order valence-electron chi connectivity index (χ4n) is 13.7. The van der Waals surface area contributed by atoms with Gasteiger partial charge in [-0.25, -0.2) is 0 Å². The summed E-state index contributed by atoms with van der Waals surface area (Å²) >= 11 is 0. The van der Waals surface area contributed by atoms with Crippen LogP contribution >= 0.6 is 0 Å². The molecule has 0 radical (unpaired) electrons. The largest absolute Gasteiger partial charge is 0.0617 e. The van der Waals surface area contributed by atoms with Crippen LogP contribution in [0.1, 0.15) is 167 Å². The Hall–Kier alpha value is -14.9. The summed E-state index contributed by atoms with van der Waals surface area (Å²) in [5.41, 5.74) is 38.7. The van der Waals surface area contributed by atoms with Crippen LogP contribution in [0.15, 0.2) is 291 Å². The summed E-state index contributed by atoms with van der Waals surface area (Å²) in [6.07, 6.45) is 0. The highest BCUT2D eigenvalue weighted by atomic mass is 14.1. The zero-order valence-electron chi connectivity index (χ0n) is 66.7. The minimum atomic E-state index is 0.832. The molecule has 0 bridgehead atoms. The lowest BCUT2D eigenvalue weighted by Crippen LogP contribution is -1.88. The quantitative estimate of drug-likeness (QED) is 0.155. The number of aryl methyl sites for hydroxylation is 12. The lowest BCUT2D eigenvalue weighted by molar-refractivity contribution is 1.37. The number of hydrogen-bond donors (Lipinski definition) is 0. The Labute approximate surface area is 676 Å². The smallest absolute Gasteiger partial charge is 0.0273 e. The van der Waals surface area contributed by atoms with Crippen LogP contribution in [0.25, 0.3) is 33.4 Å². The Morgan fingerprint density at radius 3 is 0.333 bits per heavy atom. The first-order valence-corrected chi connectivity index (χ1v) is 38.3. The van der Waals surface area contributed by atoms with E-state index in [9.17, 15) is 0 Å². The van der Waals surface area contributed by atoms with Crippen molar-refractivity contribution in [1.29, 1.82) is 0 Å². The lowest BCUT2D eigenvalue weighted by atomic mass is 9.92. The molecule has 0 aromatic heterocycles. The van der Waals surface area contributed by atoms with Crippen LogP contribution in [0.2, 0.25) is 0 Å². The molecule has 540 valence electrons. The molecule has 0 spiro atoms. The normalized spacial score (nSPS) is 10.0. The van der Waals surface area contributed by atoms with E-state index in [-0.39, 0.29) is 0 Å². The molecule has 0 aliphatic carbocycles. The Bertz CT molecular complexity index is 5840. The minimum absolute atomic E-state index is 0.832. The molecule has 0 aliphatic rings. The second kappa shape index (κ2) is 36.6. The summed E-state index contributed by atoms with van der Waals surface area (Å²) in [7, 11) is 0.